The summed E-state index contributed by atoms with van der Waals surface area (Å²) < 4.78 is 45.1. The number of halogens is 2. The second-order valence-corrected chi connectivity index (χ2v) is 6.24. The molecule has 0 aliphatic carbocycles. The number of methoxy groups -OCH3 is 1. The van der Waals surface area contributed by atoms with E-state index in [9.17, 15) is 22.9 Å². The van der Waals surface area contributed by atoms with Crippen LogP contribution in [0.15, 0.2) is 17.0 Å². The van der Waals surface area contributed by atoms with Crippen LogP contribution in [0.5, 0.6) is 5.75 Å². The lowest BCUT2D eigenvalue weighted by Crippen LogP contribution is -2.36. The maximum atomic E-state index is 13.8. The Hall–Kier alpha value is -1.49. The Morgan fingerprint density at radius 3 is 2.68 bits per heavy atom. The van der Waals surface area contributed by atoms with E-state index in [2.05, 4.69) is 14.8 Å². The largest absolute Gasteiger partial charge is 0.488 e. The molecule has 8 nitrogen and oxygen atoms in total. The van der Waals surface area contributed by atoms with Gasteiger partial charge in [0.05, 0.1) is 16.9 Å². The Kier molecular flexibility index (Phi) is 6.06. The summed E-state index contributed by atoms with van der Waals surface area (Å²) in [5, 5.41) is 13.9. The van der Waals surface area contributed by atoms with Gasteiger partial charge in [-0.25, -0.2) is 17.5 Å². The Morgan fingerprint density at radius 1 is 1.50 bits per heavy atom. The van der Waals surface area contributed by atoms with E-state index in [1.165, 1.54) is 0 Å². The molecule has 0 bridgehead atoms. The molecule has 0 amide bonds. The number of nitro benzene ring substituents is 1. The molecule has 0 radical (unpaired) electrons. The van der Waals surface area contributed by atoms with Crippen molar-refractivity contribution in [3.63, 3.8) is 0 Å². The summed E-state index contributed by atoms with van der Waals surface area (Å²) in [4.78, 5) is 9.50. The molecule has 0 saturated carbocycles. The second-order valence-electron chi connectivity index (χ2n) is 4.53. The van der Waals surface area contributed by atoms with Crippen LogP contribution in [0.1, 0.15) is 6.42 Å². The van der Waals surface area contributed by atoms with Gasteiger partial charge in [-0.2, -0.15) is 0 Å². The minimum Gasteiger partial charge on any atom is -0.488 e. The van der Waals surface area contributed by atoms with Crippen LogP contribution in [0, 0.1) is 15.9 Å². The molecule has 2 rings (SSSR count). The van der Waals surface area contributed by atoms with Gasteiger partial charge in [-0.05, 0) is 19.0 Å². The number of ether oxygens (including phenoxy) is 1. The van der Waals surface area contributed by atoms with Gasteiger partial charge in [0.2, 0.25) is 15.8 Å². The SMILES string of the molecule is COc1c(F)cc(S(=O)(=O)NC2CCNC2)cc1[N+](=O)[O-].Cl. The molecular formula is C11H15ClFN3O5S. The molecular weight excluding hydrogens is 341 g/mol. The van der Waals surface area contributed by atoms with E-state index < -0.39 is 37.1 Å². The zero-order chi connectivity index (χ0) is 15.6. The highest BCUT2D eigenvalue weighted by atomic mass is 35.5. The molecule has 22 heavy (non-hydrogen) atoms. The number of rotatable bonds is 5. The number of hydrogen-bond donors (Lipinski definition) is 2. The molecule has 2 N–H and O–H groups in total. The van der Waals surface area contributed by atoms with Crippen molar-refractivity contribution in [3.8, 4) is 5.75 Å². The van der Waals surface area contributed by atoms with Crippen LogP contribution in [-0.4, -0.2) is 39.6 Å². The molecule has 1 atom stereocenters. The normalized spacial score (nSPS) is 17.8. The van der Waals surface area contributed by atoms with Gasteiger partial charge in [-0.1, -0.05) is 0 Å². The first-order valence-electron chi connectivity index (χ1n) is 6.10. The number of hydrogen-bond acceptors (Lipinski definition) is 6. The van der Waals surface area contributed by atoms with Crippen LogP contribution < -0.4 is 14.8 Å². The van der Waals surface area contributed by atoms with Crippen molar-refractivity contribution in [1.29, 1.82) is 0 Å². The molecule has 1 aromatic carbocycles. The Bertz CT molecular complexity index is 664. The Labute approximate surface area is 132 Å². The molecule has 1 aliphatic heterocycles. The van der Waals surface area contributed by atoms with E-state index >= 15 is 0 Å². The predicted octanol–water partition coefficient (Wildman–Crippen LogP) is 0.804. The van der Waals surface area contributed by atoms with E-state index in [0.717, 1.165) is 13.2 Å². The molecule has 124 valence electrons. The van der Waals surface area contributed by atoms with Crippen LogP contribution in [0.4, 0.5) is 10.1 Å². The quantitative estimate of drug-likeness (QED) is 0.597. The van der Waals surface area contributed by atoms with Gasteiger partial charge in [0.15, 0.2) is 5.82 Å². The van der Waals surface area contributed by atoms with Gasteiger partial charge in [0, 0.05) is 18.7 Å². The zero-order valence-corrected chi connectivity index (χ0v) is 13.2. The van der Waals surface area contributed by atoms with Crippen molar-refractivity contribution in [2.24, 2.45) is 0 Å². The average Bonchev–Trinajstić information content (AvgIpc) is 2.89. The summed E-state index contributed by atoms with van der Waals surface area (Å²) in [5.74, 6) is -1.70. The van der Waals surface area contributed by atoms with Crippen LogP contribution in [0.25, 0.3) is 0 Å². The number of nitrogens with one attached hydrogen (secondary N) is 2. The Morgan fingerprint density at radius 2 is 2.18 bits per heavy atom. The average molecular weight is 356 g/mol. The molecule has 0 aromatic heterocycles. The van der Waals surface area contributed by atoms with Crippen molar-refractivity contribution in [1.82, 2.24) is 10.0 Å². The fourth-order valence-corrected chi connectivity index (χ4v) is 3.39. The van der Waals surface area contributed by atoms with Gasteiger partial charge in [-0.15, -0.1) is 12.4 Å². The second kappa shape index (κ2) is 7.18. The third-order valence-electron chi connectivity index (χ3n) is 3.09. The third-order valence-corrected chi connectivity index (χ3v) is 4.59. The molecule has 1 fully saturated rings. The van der Waals surface area contributed by atoms with Gasteiger partial charge in [0.1, 0.15) is 0 Å². The lowest BCUT2D eigenvalue weighted by molar-refractivity contribution is -0.386. The van der Waals surface area contributed by atoms with Crippen molar-refractivity contribution >= 4 is 28.1 Å². The Balaban J connectivity index is 0.00000242. The highest BCUT2D eigenvalue weighted by Crippen LogP contribution is 2.32. The third kappa shape index (κ3) is 3.83. The highest BCUT2D eigenvalue weighted by molar-refractivity contribution is 7.89. The minimum absolute atomic E-state index is 0. The molecule has 1 saturated heterocycles. The van der Waals surface area contributed by atoms with E-state index in [1.807, 2.05) is 0 Å². The van der Waals surface area contributed by atoms with Crippen LogP contribution in [0.3, 0.4) is 0 Å². The molecule has 1 unspecified atom stereocenters. The fourth-order valence-electron chi connectivity index (χ4n) is 2.09. The predicted molar refractivity (Wildman–Crippen MR) is 78.5 cm³/mol. The number of nitro groups is 1. The van der Waals surface area contributed by atoms with E-state index in [0.29, 0.717) is 25.6 Å². The first-order valence-corrected chi connectivity index (χ1v) is 7.58. The maximum absolute atomic E-state index is 13.8. The van der Waals surface area contributed by atoms with E-state index in [4.69, 9.17) is 0 Å². The monoisotopic (exact) mass is 355 g/mol. The first-order chi connectivity index (χ1) is 9.85. The van der Waals surface area contributed by atoms with E-state index in [1.54, 1.807) is 0 Å². The number of benzene rings is 1. The van der Waals surface area contributed by atoms with Gasteiger partial charge in [-0.3, -0.25) is 10.1 Å². The van der Waals surface area contributed by atoms with Gasteiger partial charge < -0.3 is 10.1 Å². The minimum atomic E-state index is -4.04. The standard InChI is InChI=1S/C11H14FN3O5S.ClH/c1-20-11-9(12)4-8(5-10(11)15(16)17)21(18,19)14-7-2-3-13-6-7;/h4-5,7,13-14H,2-3,6H2,1H3;1H. The lowest BCUT2D eigenvalue weighted by atomic mass is 10.3. The fraction of sp³-hybridized carbons (Fsp3) is 0.455. The van der Waals surface area contributed by atoms with Crippen molar-refractivity contribution in [3.05, 3.63) is 28.1 Å². The van der Waals surface area contributed by atoms with Crippen LogP contribution in [-0.2, 0) is 10.0 Å². The van der Waals surface area contributed by atoms with Gasteiger partial charge in [0.25, 0.3) is 0 Å². The number of nitrogens with zero attached hydrogens (tertiary/aromatic N) is 1. The van der Waals surface area contributed by atoms with E-state index in [-0.39, 0.29) is 18.4 Å². The molecule has 0 spiro atoms. The maximum Gasteiger partial charge on any atom is 0.315 e. The molecule has 1 aromatic rings. The van der Waals surface area contributed by atoms with Crippen molar-refractivity contribution in [2.45, 2.75) is 17.4 Å². The van der Waals surface area contributed by atoms with Crippen LogP contribution >= 0.6 is 12.4 Å². The summed E-state index contributed by atoms with van der Waals surface area (Å²) in [6.07, 6.45) is 0.597. The summed E-state index contributed by atoms with van der Waals surface area (Å²) in [6, 6.07) is 1.17. The van der Waals surface area contributed by atoms with Gasteiger partial charge >= 0.3 is 5.69 Å². The summed E-state index contributed by atoms with van der Waals surface area (Å²) in [7, 11) is -2.97. The summed E-state index contributed by atoms with van der Waals surface area (Å²) >= 11 is 0. The summed E-state index contributed by atoms with van der Waals surface area (Å²) in [5.41, 5.74) is -0.734. The number of sulfonamides is 1. The smallest absolute Gasteiger partial charge is 0.315 e. The van der Waals surface area contributed by atoms with Crippen LogP contribution in [0.2, 0.25) is 0 Å². The lowest BCUT2D eigenvalue weighted by Gasteiger charge is -2.12. The summed E-state index contributed by atoms with van der Waals surface area (Å²) in [6.45, 7) is 1.13. The first kappa shape index (κ1) is 18.6. The molecule has 11 heteroatoms. The topological polar surface area (TPSA) is 111 Å². The molecule has 1 heterocycles. The highest BCUT2D eigenvalue weighted by Gasteiger charge is 2.28. The van der Waals surface area contributed by atoms with Crippen molar-refractivity contribution in [2.75, 3.05) is 20.2 Å². The molecule has 1 aliphatic rings. The zero-order valence-electron chi connectivity index (χ0n) is 11.5. The van der Waals surface area contributed by atoms with Crippen molar-refractivity contribution < 1.29 is 22.5 Å².